The molecule has 0 aromatic heterocycles. The van der Waals surface area contributed by atoms with Crippen LogP contribution in [0.3, 0.4) is 0 Å². The van der Waals surface area contributed by atoms with Crippen LogP contribution in [-0.4, -0.2) is 17.4 Å². The number of hydrogen-bond donors (Lipinski definition) is 1. The Balaban J connectivity index is 2.02. The summed E-state index contributed by atoms with van der Waals surface area (Å²) in [4.78, 5) is 14.1. The highest BCUT2D eigenvalue weighted by Crippen LogP contribution is 2.39. The van der Waals surface area contributed by atoms with E-state index >= 15 is 0 Å². The number of rotatable bonds is 4. The smallest absolute Gasteiger partial charge is 0.226 e. The molecule has 1 aliphatic carbocycles. The lowest BCUT2D eigenvalue weighted by Gasteiger charge is -2.21. The molecule has 0 aliphatic heterocycles. The van der Waals surface area contributed by atoms with Gasteiger partial charge in [0.2, 0.25) is 5.91 Å². The molecule has 2 unspecified atom stereocenters. The molecule has 0 heterocycles. The van der Waals surface area contributed by atoms with Gasteiger partial charge in [-0.15, -0.1) is 0 Å². The van der Waals surface area contributed by atoms with Crippen molar-refractivity contribution in [3.8, 4) is 0 Å². The van der Waals surface area contributed by atoms with Gasteiger partial charge in [0.25, 0.3) is 0 Å². The zero-order valence-corrected chi connectivity index (χ0v) is 10.5. The van der Waals surface area contributed by atoms with Gasteiger partial charge in [0.15, 0.2) is 0 Å². The van der Waals surface area contributed by atoms with E-state index in [0.29, 0.717) is 18.4 Å². The predicted molar refractivity (Wildman–Crippen MR) is 69.2 cm³/mol. The van der Waals surface area contributed by atoms with Crippen molar-refractivity contribution in [2.75, 3.05) is 12.3 Å². The van der Waals surface area contributed by atoms with Gasteiger partial charge >= 0.3 is 0 Å². The standard InChI is InChI=1S/C14H20N2O/c1-3-16(14(17)13-7-10(13)2)9-11-5-4-6-12(15)8-11/h4-6,8,10,13H,3,7,9,15H2,1-2H3. The summed E-state index contributed by atoms with van der Waals surface area (Å²) in [5, 5.41) is 0. The molecule has 2 N–H and O–H groups in total. The summed E-state index contributed by atoms with van der Waals surface area (Å²) in [6.45, 7) is 5.59. The lowest BCUT2D eigenvalue weighted by atomic mass is 10.2. The van der Waals surface area contributed by atoms with Gasteiger partial charge in [-0.2, -0.15) is 0 Å². The van der Waals surface area contributed by atoms with Gasteiger partial charge in [-0.1, -0.05) is 19.1 Å². The summed E-state index contributed by atoms with van der Waals surface area (Å²) in [6, 6.07) is 7.75. The van der Waals surface area contributed by atoms with Gasteiger partial charge in [0, 0.05) is 24.7 Å². The van der Waals surface area contributed by atoms with Crippen molar-refractivity contribution >= 4 is 11.6 Å². The van der Waals surface area contributed by atoms with Gasteiger partial charge in [-0.3, -0.25) is 4.79 Å². The van der Waals surface area contributed by atoms with E-state index in [9.17, 15) is 4.79 Å². The van der Waals surface area contributed by atoms with Crippen LogP contribution in [0.1, 0.15) is 25.8 Å². The average Bonchev–Trinajstić information content (AvgIpc) is 3.02. The Labute approximate surface area is 103 Å². The van der Waals surface area contributed by atoms with Crippen molar-refractivity contribution in [3.05, 3.63) is 29.8 Å². The molecule has 2 atom stereocenters. The average molecular weight is 232 g/mol. The number of amides is 1. The van der Waals surface area contributed by atoms with Crippen LogP contribution in [0.4, 0.5) is 5.69 Å². The molecule has 3 nitrogen and oxygen atoms in total. The first-order valence-corrected chi connectivity index (χ1v) is 6.25. The third kappa shape index (κ3) is 2.78. The number of nitrogens with zero attached hydrogens (tertiary/aromatic N) is 1. The van der Waals surface area contributed by atoms with E-state index in [2.05, 4.69) is 6.92 Å². The topological polar surface area (TPSA) is 46.3 Å². The van der Waals surface area contributed by atoms with Gasteiger partial charge in [-0.05, 0) is 37.0 Å². The van der Waals surface area contributed by atoms with Crippen molar-refractivity contribution in [1.82, 2.24) is 4.90 Å². The number of anilines is 1. The zero-order chi connectivity index (χ0) is 12.4. The Bertz CT molecular complexity index is 416. The molecule has 0 radical (unpaired) electrons. The molecule has 2 rings (SSSR count). The Morgan fingerprint density at radius 1 is 1.53 bits per heavy atom. The highest BCUT2D eigenvalue weighted by molar-refractivity contribution is 5.81. The van der Waals surface area contributed by atoms with Crippen LogP contribution in [-0.2, 0) is 11.3 Å². The Kier molecular flexibility index (Phi) is 3.36. The molecule has 17 heavy (non-hydrogen) atoms. The normalized spacial score (nSPS) is 22.2. The summed E-state index contributed by atoms with van der Waals surface area (Å²) in [5.41, 5.74) is 7.60. The lowest BCUT2D eigenvalue weighted by Crippen LogP contribution is -2.31. The largest absolute Gasteiger partial charge is 0.399 e. The molecule has 1 amide bonds. The molecule has 1 fully saturated rings. The number of benzene rings is 1. The lowest BCUT2D eigenvalue weighted by molar-refractivity contribution is -0.133. The third-order valence-electron chi connectivity index (χ3n) is 3.44. The van der Waals surface area contributed by atoms with E-state index in [1.807, 2.05) is 36.1 Å². The number of carbonyl (C=O) groups excluding carboxylic acids is 1. The minimum absolute atomic E-state index is 0.260. The first-order chi connectivity index (χ1) is 8.11. The molecular formula is C14H20N2O. The van der Waals surface area contributed by atoms with Crippen LogP contribution in [0.15, 0.2) is 24.3 Å². The molecule has 1 aromatic carbocycles. The van der Waals surface area contributed by atoms with Crippen molar-refractivity contribution in [2.45, 2.75) is 26.8 Å². The quantitative estimate of drug-likeness (QED) is 0.809. The molecular weight excluding hydrogens is 212 g/mol. The number of hydrogen-bond acceptors (Lipinski definition) is 2. The number of carbonyl (C=O) groups is 1. The minimum atomic E-state index is 0.260. The molecule has 1 aromatic rings. The van der Waals surface area contributed by atoms with E-state index in [0.717, 1.165) is 24.2 Å². The highest BCUT2D eigenvalue weighted by Gasteiger charge is 2.41. The number of nitrogen functional groups attached to an aromatic ring is 1. The summed E-state index contributed by atoms with van der Waals surface area (Å²) in [6.07, 6.45) is 1.05. The Hall–Kier alpha value is -1.51. The second kappa shape index (κ2) is 4.78. The van der Waals surface area contributed by atoms with Crippen molar-refractivity contribution in [2.24, 2.45) is 11.8 Å². The molecule has 0 spiro atoms. The zero-order valence-electron chi connectivity index (χ0n) is 10.5. The molecule has 0 bridgehead atoms. The van der Waals surface area contributed by atoms with Crippen molar-refractivity contribution in [1.29, 1.82) is 0 Å². The fourth-order valence-corrected chi connectivity index (χ4v) is 2.16. The van der Waals surface area contributed by atoms with Crippen LogP contribution in [0.25, 0.3) is 0 Å². The monoisotopic (exact) mass is 232 g/mol. The minimum Gasteiger partial charge on any atom is -0.399 e. The molecule has 1 aliphatic rings. The molecule has 0 saturated heterocycles. The Morgan fingerprint density at radius 2 is 2.24 bits per heavy atom. The van der Waals surface area contributed by atoms with Crippen LogP contribution in [0, 0.1) is 11.8 Å². The van der Waals surface area contributed by atoms with Crippen LogP contribution in [0.5, 0.6) is 0 Å². The molecule has 92 valence electrons. The molecule has 3 heteroatoms. The summed E-state index contributed by atoms with van der Waals surface area (Å²) < 4.78 is 0. The molecule has 1 saturated carbocycles. The van der Waals surface area contributed by atoms with Gasteiger partial charge in [0.1, 0.15) is 0 Å². The SMILES string of the molecule is CCN(Cc1cccc(N)c1)C(=O)C1CC1C. The maximum Gasteiger partial charge on any atom is 0.226 e. The summed E-state index contributed by atoms with van der Waals surface area (Å²) in [7, 11) is 0. The highest BCUT2D eigenvalue weighted by atomic mass is 16.2. The second-order valence-corrected chi connectivity index (χ2v) is 4.92. The second-order valence-electron chi connectivity index (χ2n) is 4.92. The van der Waals surface area contributed by atoms with Crippen LogP contribution >= 0.6 is 0 Å². The summed E-state index contributed by atoms with van der Waals surface area (Å²) >= 11 is 0. The number of nitrogens with two attached hydrogens (primary N) is 1. The van der Waals surface area contributed by atoms with Crippen LogP contribution < -0.4 is 5.73 Å². The fourth-order valence-electron chi connectivity index (χ4n) is 2.16. The third-order valence-corrected chi connectivity index (χ3v) is 3.44. The van der Waals surface area contributed by atoms with Crippen molar-refractivity contribution < 1.29 is 4.79 Å². The predicted octanol–water partition coefficient (Wildman–Crippen LogP) is 2.27. The Morgan fingerprint density at radius 3 is 2.76 bits per heavy atom. The van der Waals surface area contributed by atoms with E-state index in [-0.39, 0.29) is 5.92 Å². The van der Waals surface area contributed by atoms with Crippen LogP contribution in [0.2, 0.25) is 0 Å². The van der Waals surface area contributed by atoms with E-state index < -0.39 is 0 Å². The summed E-state index contributed by atoms with van der Waals surface area (Å²) in [5.74, 6) is 1.12. The maximum atomic E-state index is 12.1. The maximum absolute atomic E-state index is 12.1. The van der Waals surface area contributed by atoms with E-state index in [4.69, 9.17) is 5.73 Å². The van der Waals surface area contributed by atoms with Gasteiger partial charge in [0.05, 0.1) is 0 Å². The first kappa shape index (κ1) is 12.0. The fraction of sp³-hybridized carbons (Fsp3) is 0.500. The van der Waals surface area contributed by atoms with E-state index in [1.165, 1.54) is 0 Å². The first-order valence-electron chi connectivity index (χ1n) is 6.25. The van der Waals surface area contributed by atoms with Crippen molar-refractivity contribution in [3.63, 3.8) is 0 Å². The van der Waals surface area contributed by atoms with Gasteiger partial charge in [-0.25, -0.2) is 0 Å². The van der Waals surface area contributed by atoms with E-state index in [1.54, 1.807) is 0 Å². The van der Waals surface area contributed by atoms with Gasteiger partial charge < -0.3 is 10.6 Å².